The number of hydrogen-bond donors (Lipinski definition) is 1. The van der Waals surface area contributed by atoms with E-state index in [-0.39, 0.29) is 23.4 Å². The smallest absolute Gasteiger partial charge is 0.257 e. The Labute approximate surface area is 209 Å². The van der Waals surface area contributed by atoms with Crippen LogP contribution in [0.3, 0.4) is 0 Å². The average molecular weight is 510 g/mol. The van der Waals surface area contributed by atoms with Crippen LogP contribution in [-0.4, -0.2) is 36.3 Å². The van der Waals surface area contributed by atoms with Crippen molar-refractivity contribution in [2.45, 2.75) is 38.3 Å². The van der Waals surface area contributed by atoms with Gasteiger partial charge in [-0.25, -0.2) is 13.4 Å². The number of thiazole rings is 1. The fourth-order valence-electron chi connectivity index (χ4n) is 3.64. The SMILES string of the molecule is CCOc1cccc2sc(NC(=O)c3ccc(S(=O)(=O)N(Cc4ccccc4)C(C)C)cc3)nc12. The Morgan fingerprint density at radius 3 is 2.40 bits per heavy atom. The molecule has 1 N–H and O–H groups in total. The van der Waals surface area contributed by atoms with Crippen molar-refractivity contribution in [1.29, 1.82) is 0 Å². The predicted molar refractivity (Wildman–Crippen MR) is 139 cm³/mol. The molecule has 0 aliphatic heterocycles. The van der Waals surface area contributed by atoms with Crippen molar-refractivity contribution in [3.8, 4) is 5.75 Å². The fourth-order valence-corrected chi connectivity index (χ4v) is 6.14. The zero-order valence-electron chi connectivity index (χ0n) is 19.8. The third kappa shape index (κ3) is 5.53. The molecule has 1 heterocycles. The van der Waals surface area contributed by atoms with Crippen LogP contribution < -0.4 is 10.1 Å². The van der Waals surface area contributed by atoms with Crippen LogP contribution in [-0.2, 0) is 16.6 Å². The highest BCUT2D eigenvalue weighted by molar-refractivity contribution is 7.89. The summed E-state index contributed by atoms with van der Waals surface area (Å²) in [6.07, 6.45) is 0. The quantitative estimate of drug-likeness (QED) is 0.320. The zero-order chi connectivity index (χ0) is 25.0. The summed E-state index contributed by atoms with van der Waals surface area (Å²) in [5, 5.41) is 3.25. The third-order valence-corrected chi connectivity index (χ3v) is 8.35. The van der Waals surface area contributed by atoms with Crippen LogP contribution in [0.15, 0.2) is 77.7 Å². The number of sulfonamides is 1. The summed E-state index contributed by atoms with van der Waals surface area (Å²) in [7, 11) is -3.75. The highest BCUT2D eigenvalue weighted by atomic mass is 32.2. The first-order valence-corrected chi connectivity index (χ1v) is 13.5. The van der Waals surface area contributed by atoms with Gasteiger partial charge in [-0.3, -0.25) is 10.1 Å². The Morgan fingerprint density at radius 2 is 1.74 bits per heavy atom. The molecule has 0 saturated heterocycles. The van der Waals surface area contributed by atoms with Gasteiger partial charge in [-0.1, -0.05) is 47.7 Å². The summed E-state index contributed by atoms with van der Waals surface area (Å²) in [4.78, 5) is 17.4. The second kappa shape index (κ2) is 10.6. The Hall–Kier alpha value is -3.27. The van der Waals surface area contributed by atoms with Crippen molar-refractivity contribution in [2.75, 3.05) is 11.9 Å². The molecular formula is C26H27N3O4S2. The van der Waals surface area contributed by atoms with E-state index in [2.05, 4.69) is 10.3 Å². The minimum Gasteiger partial charge on any atom is -0.492 e. The summed E-state index contributed by atoms with van der Waals surface area (Å²) in [6.45, 7) is 6.38. The van der Waals surface area contributed by atoms with E-state index in [0.717, 1.165) is 10.3 Å². The van der Waals surface area contributed by atoms with Crippen molar-refractivity contribution in [3.05, 3.63) is 83.9 Å². The summed E-state index contributed by atoms with van der Waals surface area (Å²) in [5.74, 6) is 0.303. The van der Waals surface area contributed by atoms with Crippen molar-refractivity contribution in [2.24, 2.45) is 0 Å². The molecule has 0 fully saturated rings. The summed E-state index contributed by atoms with van der Waals surface area (Å²) < 4.78 is 34.6. The molecule has 1 amide bonds. The minimum atomic E-state index is -3.75. The molecule has 9 heteroatoms. The standard InChI is InChI=1S/C26H27N3O4S2/c1-4-33-22-11-8-12-23-24(22)27-26(34-23)28-25(30)20-13-15-21(16-14-20)35(31,32)29(18(2)3)17-19-9-6-5-7-10-19/h5-16,18H,4,17H2,1-3H3,(H,27,28,30). The number of ether oxygens (including phenoxy) is 1. The van der Waals surface area contributed by atoms with Gasteiger partial charge in [0.2, 0.25) is 10.0 Å². The molecule has 4 rings (SSSR count). The van der Waals surface area contributed by atoms with Crippen LogP contribution in [0.4, 0.5) is 5.13 Å². The largest absolute Gasteiger partial charge is 0.492 e. The van der Waals surface area contributed by atoms with E-state index < -0.39 is 10.0 Å². The van der Waals surface area contributed by atoms with Gasteiger partial charge in [0.05, 0.1) is 16.2 Å². The van der Waals surface area contributed by atoms with E-state index in [1.165, 1.54) is 39.9 Å². The number of para-hydroxylation sites is 1. The van der Waals surface area contributed by atoms with Gasteiger partial charge in [0.25, 0.3) is 5.91 Å². The molecule has 0 aliphatic rings. The molecule has 3 aromatic carbocycles. The van der Waals surface area contributed by atoms with Crippen LogP contribution in [0.25, 0.3) is 10.2 Å². The number of anilines is 1. The monoisotopic (exact) mass is 509 g/mol. The van der Waals surface area contributed by atoms with E-state index in [4.69, 9.17) is 4.74 Å². The van der Waals surface area contributed by atoms with Crippen molar-refractivity contribution < 1.29 is 17.9 Å². The highest BCUT2D eigenvalue weighted by Crippen LogP contribution is 2.32. The van der Waals surface area contributed by atoms with Gasteiger partial charge in [0.1, 0.15) is 11.3 Å². The topological polar surface area (TPSA) is 88.6 Å². The molecule has 1 aromatic heterocycles. The first-order chi connectivity index (χ1) is 16.8. The number of amides is 1. The molecule has 0 aliphatic carbocycles. The maximum absolute atomic E-state index is 13.3. The molecule has 0 unspecified atom stereocenters. The number of rotatable bonds is 9. The number of fused-ring (bicyclic) bond motifs is 1. The van der Waals surface area contributed by atoms with Gasteiger partial charge < -0.3 is 4.74 Å². The lowest BCUT2D eigenvalue weighted by Crippen LogP contribution is -2.36. The number of benzene rings is 3. The van der Waals surface area contributed by atoms with Gasteiger partial charge in [0.15, 0.2) is 5.13 Å². The van der Waals surface area contributed by atoms with E-state index in [1.54, 1.807) is 0 Å². The van der Waals surface area contributed by atoms with E-state index in [0.29, 0.717) is 28.6 Å². The van der Waals surface area contributed by atoms with Gasteiger partial charge in [-0.15, -0.1) is 0 Å². The maximum atomic E-state index is 13.3. The Kier molecular flexibility index (Phi) is 7.49. The molecule has 0 radical (unpaired) electrons. The molecule has 0 bridgehead atoms. The van der Waals surface area contributed by atoms with E-state index >= 15 is 0 Å². The van der Waals surface area contributed by atoms with E-state index in [1.807, 2.05) is 69.3 Å². The number of aromatic nitrogens is 1. The molecule has 0 saturated carbocycles. The highest BCUT2D eigenvalue weighted by Gasteiger charge is 2.27. The van der Waals surface area contributed by atoms with Crippen LogP contribution in [0.1, 0.15) is 36.7 Å². The van der Waals surface area contributed by atoms with Crippen LogP contribution >= 0.6 is 11.3 Å². The first-order valence-electron chi connectivity index (χ1n) is 11.3. The van der Waals surface area contributed by atoms with Crippen LogP contribution in [0.2, 0.25) is 0 Å². The fraction of sp³-hybridized carbons (Fsp3) is 0.231. The lowest BCUT2D eigenvalue weighted by Gasteiger charge is -2.26. The normalized spacial score (nSPS) is 11.8. The number of nitrogens with zero attached hydrogens (tertiary/aromatic N) is 2. The third-order valence-electron chi connectivity index (χ3n) is 5.38. The number of carbonyl (C=O) groups is 1. The van der Waals surface area contributed by atoms with Crippen LogP contribution in [0, 0.1) is 0 Å². The Bertz CT molecular complexity index is 1420. The lowest BCUT2D eigenvalue weighted by atomic mass is 10.2. The summed E-state index contributed by atoms with van der Waals surface area (Å²) >= 11 is 1.35. The van der Waals surface area contributed by atoms with Gasteiger partial charge in [0, 0.05) is 18.2 Å². The molecule has 7 nitrogen and oxygen atoms in total. The molecule has 4 aromatic rings. The number of nitrogens with one attached hydrogen (secondary N) is 1. The van der Waals surface area contributed by atoms with Crippen molar-refractivity contribution in [3.63, 3.8) is 0 Å². The lowest BCUT2D eigenvalue weighted by molar-refractivity contribution is 0.102. The molecular weight excluding hydrogens is 482 g/mol. The Morgan fingerprint density at radius 1 is 1.03 bits per heavy atom. The average Bonchev–Trinajstić information content (AvgIpc) is 3.26. The molecule has 182 valence electrons. The Balaban J connectivity index is 1.52. The predicted octanol–water partition coefficient (Wildman–Crippen LogP) is 5.55. The molecule has 0 spiro atoms. The van der Waals surface area contributed by atoms with E-state index in [9.17, 15) is 13.2 Å². The second-order valence-electron chi connectivity index (χ2n) is 8.16. The van der Waals surface area contributed by atoms with Crippen LogP contribution in [0.5, 0.6) is 5.75 Å². The van der Waals surface area contributed by atoms with Crippen molar-refractivity contribution in [1.82, 2.24) is 9.29 Å². The van der Waals surface area contributed by atoms with Gasteiger partial charge >= 0.3 is 0 Å². The summed E-state index contributed by atoms with van der Waals surface area (Å²) in [5.41, 5.74) is 1.94. The zero-order valence-corrected chi connectivity index (χ0v) is 21.4. The molecule has 35 heavy (non-hydrogen) atoms. The van der Waals surface area contributed by atoms with Gasteiger partial charge in [-0.2, -0.15) is 4.31 Å². The minimum absolute atomic E-state index is 0.139. The number of carbonyl (C=O) groups excluding carboxylic acids is 1. The van der Waals surface area contributed by atoms with Crippen molar-refractivity contribution >= 4 is 42.6 Å². The van der Waals surface area contributed by atoms with Gasteiger partial charge in [-0.05, 0) is 62.7 Å². The summed E-state index contributed by atoms with van der Waals surface area (Å²) in [6, 6.07) is 20.8. The maximum Gasteiger partial charge on any atom is 0.257 e. The number of hydrogen-bond acceptors (Lipinski definition) is 6. The second-order valence-corrected chi connectivity index (χ2v) is 11.1. The first kappa shape index (κ1) is 24.8. The molecule has 0 atom stereocenters.